The van der Waals surface area contributed by atoms with Crippen LogP contribution in [-0.4, -0.2) is 19.3 Å². The fourth-order valence-electron chi connectivity index (χ4n) is 1.58. The summed E-state index contributed by atoms with van der Waals surface area (Å²) < 4.78 is 5.28. The van der Waals surface area contributed by atoms with E-state index in [9.17, 15) is 0 Å². The predicted molar refractivity (Wildman–Crippen MR) is 68.9 cm³/mol. The van der Waals surface area contributed by atoms with Crippen molar-refractivity contribution in [3.8, 4) is 0 Å². The van der Waals surface area contributed by atoms with E-state index in [1.807, 2.05) is 24.3 Å². The monoisotopic (exact) mass is 241 g/mol. The van der Waals surface area contributed by atoms with Gasteiger partial charge >= 0.3 is 0 Å². The van der Waals surface area contributed by atoms with Crippen molar-refractivity contribution in [2.75, 3.05) is 7.11 Å². The number of ether oxygens (including phenoxy) is 1. The summed E-state index contributed by atoms with van der Waals surface area (Å²) in [4.78, 5) is 0. The van der Waals surface area contributed by atoms with Crippen LogP contribution in [0.5, 0.6) is 0 Å². The third-order valence-electron chi connectivity index (χ3n) is 2.96. The van der Waals surface area contributed by atoms with E-state index < -0.39 is 0 Å². The second-order valence-electron chi connectivity index (χ2n) is 4.17. The van der Waals surface area contributed by atoms with Crippen molar-refractivity contribution in [2.45, 2.75) is 39.0 Å². The standard InChI is InChI=1S/C13H20ClNO/c1-9(11(3)16-4)15-10(2)12-5-7-13(14)8-6-12/h5-11,15H,1-4H3/t9?,10-,11?/m1/s1. The normalized spacial score (nSPS) is 16.8. The lowest BCUT2D eigenvalue weighted by molar-refractivity contribution is 0.0852. The zero-order chi connectivity index (χ0) is 12.1. The molecule has 16 heavy (non-hydrogen) atoms. The number of hydrogen-bond acceptors (Lipinski definition) is 2. The lowest BCUT2D eigenvalue weighted by Gasteiger charge is -2.24. The summed E-state index contributed by atoms with van der Waals surface area (Å²) in [5.41, 5.74) is 1.24. The lowest BCUT2D eigenvalue weighted by Crippen LogP contribution is -2.38. The molecule has 0 bridgehead atoms. The molecular weight excluding hydrogens is 222 g/mol. The van der Waals surface area contributed by atoms with Crippen LogP contribution in [0.15, 0.2) is 24.3 Å². The molecule has 1 rings (SSSR count). The smallest absolute Gasteiger partial charge is 0.0693 e. The van der Waals surface area contributed by atoms with Gasteiger partial charge in [0.1, 0.15) is 0 Å². The Morgan fingerprint density at radius 2 is 1.69 bits per heavy atom. The van der Waals surface area contributed by atoms with Gasteiger partial charge in [-0.25, -0.2) is 0 Å². The van der Waals surface area contributed by atoms with Gasteiger partial charge in [-0.1, -0.05) is 23.7 Å². The van der Waals surface area contributed by atoms with E-state index in [4.69, 9.17) is 16.3 Å². The van der Waals surface area contributed by atoms with Crippen LogP contribution < -0.4 is 5.32 Å². The molecule has 0 heterocycles. The number of halogens is 1. The SMILES string of the molecule is COC(C)C(C)N[C@H](C)c1ccc(Cl)cc1. The molecule has 0 fully saturated rings. The summed E-state index contributed by atoms with van der Waals surface area (Å²) >= 11 is 5.85. The molecule has 0 radical (unpaired) electrons. The molecule has 0 aromatic heterocycles. The molecule has 0 saturated carbocycles. The van der Waals surface area contributed by atoms with Crippen molar-refractivity contribution in [1.82, 2.24) is 5.32 Å². The zero-order valence-corrected chi connectivity index (χ0v) is 11.1. The second kappa shape index (κ2) is 6.24. The minimum atomic E-state index is 0.203. The first kappa shape index (κ1) is 13.5. The molecule has 0 aliphatic rings. The van der Waals surface area contributed by atoms with Crippen molar-refractivity contribution < 1.29 is 4.74 Å². The van der Waals surface area contributed by atoms with Crippen molar-refractivity contribution in [1.29, 1.82) is 0 Å². The van der Waals surface area contributed by atoms with Crippen molar-refractivity contribution in [3.63, 3.8) is 0 Å². The first-order valence-electron chi connectivity index (χ1n) is 5.59. The minimum absolute atomic E-state index is 0.203. The van der Waals surface area contributed by atoms with E-state index in [0.29, 0.717) is 12.1 Å². The van der Waals surface area contributed by atoms with Gasteiger partial charge in [0.25, 0.3) is 0 Å². The predicted octanol–water partition coefficient (Wildman–Crippen LogP) is 3.41. The Hall–Kier alpha value is -0.570. The van der Waals surface area contributed by atoms with Gasteiger partial charge < -0.3 is 10.1 Å². The number of rotatable bonds is 5. The Bertz CT molecular complexity index is 312. The molecular formula is C13H20ClNO. The maximum absolute atomic E-state index is 5.85. The Morgan fingerprint density at radius 1 is 1.12 bits per heavy atom. The highest BCUT2D eigenvalue weighted by Gasteiger charge is 2.14. The molecule has 0 aliphatic heterocycles. The summed E-state index contributed by atoms with van der Waals surface area (Å²) in [5, 5.41) is 4.27. The van der Waals surface area contributed by atoms with E-state index >= 15 is 0 Å². The van der Waals surface area contributed by atoms with Gasteiger partial charge in [-0.15, -0.1) is 0 Å². The van der Waals surface area contributed by atoms with Crippen LogP contribution in [0.3, 0.4) is 0 Å². The molecule has 3 atom stereocenters. The fraction of sp³-hybridized carbons (Fsp3) is 0.538. The highest BCUT2D eigenvalue weighted by Crippen LogP contribution is 2.17. The number of methoxy groups -OCH3 is 1. The first-order valence-corrected chi connectivity index (χ1v) is 5.96. The maximum Gasteiger partial charge on any atom is 0.0693 e. The molecule has 2 unspecified atom stereocenters. The van der Waals surface area contributed by atoms with Crippen LogP contribution in [0.4, 0.5) is 0 Å². The highest BCUT2D eigenvalue weighted by atomic mass is 35.5. The van der Waals surface area contributed by atoms with Gasteiger partial charge in [0, 0.05) is 24.2 Å². The lowest BCUT2D eigenvalue weighted by atomic mass is 10.1. The summed E-state index contributed by atoms with van der Waals surface area (Å²) in [6.07, 6.45) is 0.203. The van der Waals surface area contributed by atoms with Crippen LogP contribution in [0.25, 0.3) is 0 Å². The summed E-state index contributed by atoms with van der Waals surface area (Å²) in [7, 11) is 1.73. The summed E-state index contributed by atoms with van der Waals surface area (Å²) in [6.45, 7) is 6.33. The van der Waals surface area contributed by atoms with Crippen LogP contribution in [0.1, 0.15) is 32.4 Å². The van der Waals surface area contributed by atoms with Gasteiger partial charge in [-0.3, -0.25) is 0 Å². The van der Waals surface area contributed by atoms with Gasteiger partial charge in [0.15, 0.2) is 0 Å². The van der Waals surface area contributed by atoms with Gasteiger partial charge in [0.05, 0.1) is 6.10 Å². The molecule has 0 amide bonds. The van der Waals surface area contributed by atoms with E-state index in [-0.39, 0.29) is 6.10 Å². The Morgan fingerprint density at radius 3 is 2.19 bits per heavy atom. The number of benzene rings is 1. The van der Waals surface area contributed by atoms with E-state index in [0.717, 1.165) is 5.02 Å². The Labute approximate surface area is 103 Å². The molecule has 0 aliphatic carbocycles. The average molecular weight is 242 g/mol. The van der Waals surface area contributed by atoms with E-state index in [1.54, 1.807) is 7.11 Å². The quantitative estimate of drug-likeness (QED) is 0.853. The molecule has 0 saturated heterocycles. The highest BCUT2D eigenvalue weighted by molar-refractivity contribution is 6.30. The van der Waals surface area contributed by atoms with Crippen molar-refractivity contribution in [3.05, 3.63) is 34.9 Å². The van der Waals surface area contributed by atoms with Crippen molar-refractivity contribution in [2.24, 2.45) is 0 Å². The van der Waals surface area contributed by atoms with Gasteiger partial charge in [0.2, 0.25) is 0 Å². The largest absolute Gasteiger partial charge is 0.380 e. The molecule has 0 spiro atoms. The molecule has 3 heteroatoms. The Balaban J connectivity index is 2.58. The first-order chi connectivity index (χ1) is 7.54. The fourth-order valence-corrected chi connectivity index (χ4v) is 1.71. The summed E-state index contributed by atoms with van der Waals surface area (Å²) in [5.74, 6) is 0. The molecule has 90 valence electrons. The minimum Gasteiger partial charge on any atom is -0.380 e. The third kappa shape index (κ3) is 3.78. The number of hydrogen-bond donors (Lipinski definition) is 1. The van der Waals surface area contributed by atoms with Crippen molar-refractivity contribution >= 4 is 11.6 Å². The Kier molecular flexibility index (Phi) is 5.26. The molecule has 2 nitrogen and oxygen atoms in total. The van der Waals surface area contributed by atoms with Crippen LogP contribution in [0.2, 0.25) is 5.02 Å². The molecule has 1 aromatic carbocycles. The zero-order valence-electron chi connectivity index (χ0n) is 10.3. The van der Waals surface area contributed by atoms with Crippen LogP contribution in [-0.2, 0) is 4.74 Å². The molecule has 1 N–H and O–H groups in total. The van der Waals surface area contributed by atoms with Crippen LogP contribution >= 0.6 is 11.6 Å². The topological polar surface area (TPSA) is 21.3 Å². The second-order valence-corrected chi connectivity index (χ2v) is 4.61. The van der Waals surface area contributed by atoms with Crippen LogP contribution in [0, 0.1) is 0 Å². The van der Waals surface area contributed by atoms with Gasteiger partial charge in [-0.05, 0) is 38.5 Å². The number of nitrogens with one attached hydrogen (secondary N) is 1. The summed E-state index contributed by atoms with van der Waals surface area (Å²) in [6, 6.07) is 8.54. The van der Waals surface area contributed by atoms with E-state index in [2.05, 4.69) is 26.1 Å². The average Bonchev–Trinajstić information content (AvgIpc) is 2.28. The molecule has 1 aromatic rings. The van der Waals surface area contributed by atoms with Gasteiger partial charge in [-0.2, -0.15) is 0 Å². The maximum atomic E-state index is 5.85. The third-order valence-corrected chi connectivity index (χ3v) is 3.21. The van der Waals surface area contributed by atoms with E-state index in [1.165, 1.54) is 5.56 Å².